The fourth-order valence-electron chi connectivity index (χ4n) is 2.51. The Kier molecular flexibility index (Phi) is 5.33. The van der Waals surface area contributed by atoms with Gasteiger partial charge in [-0.25, -0.2) is 0 Å². The van der Waals surface area contributed by atoms with Crippen molar-refractivity contribution in [3.63, 3.8) is 0 Å². The van der Waals surface area contributed by atoms with E-state index in [-0.39, 0.29) is 24.4 Å². The third-order valence-corrected chi connectivity index (χ3v) is 3.70. The highest BCUT2D eigenvalue weighted by Gasteiger charge is 2.41. The molecule has 1 saturated heterocycles. The van der Waals surface area contributed by atoms with E-state index in [4.69, 9.17) is 5.11 Å². The van der Waals surface area contributed by atoms with Crippen molar-refractivity contribution in [2.24, 2.45) is 11.8 Å². The number of amides is 1. The fraction of sp³-hybridized carbons (Fsp3) is 0.786. The summed E-state index contributed by atoms with van der Waals surface area (Å²) in [6.07, 6.45) is 0.236. The SMILES string of the molecule is CC(C(=O)NC(C)(C)C)N1CCC(C(=O)O)C(C(=O)O)C1. The minimum atomic E-state index is -1.13. The van der Waals surface area contributed by atoms with E-state index < -0.39 is 29.8 Å². The number of hydrogen-bond donors (Lipinski definition) is 3. The molecule has 1 heterocycles. The van der Waals surface area contributed by atoms with Crippen molar-refractivity contribution in [3.8, 4) is 0 Å². The van der Waals surface area contributed by atoms with E-state index in [1.807, 2.05) is 20.8 Å². The Labute approximate surface area is 124 Å². The van der Waals surface area contributed by atoms with Gasteiger partial charge < -0.3 is 15.5 Å². The predicted molar refractivity (Wildman–Crippen MR) is 75.8 cm³/mol. The van der Waals surface area contributed by atoms with Gasteiger partial charge in [-0.2, -0.15) is 0 Å². The number of aliphatic carboxylic acids is 2. The van der Waals surface area contributed by atoms with Crippen molar-refractivity contribution in [3.05, 3.63) is 0 Å². The van der Waals surface area contributed by atoms with Gasteiger partial charge in [0.1, 0.15) is 0 Å². The molecular formula is C14H24N2O5. The maximum atomic E-state index is 12.1. The number of carbonyl (C=O) groups excluding carboxylic acids is 1. The number of piperidine rings is 1. The molecule has 7 heteroatoms. The highest BCUT2D eigenvalue weighted by Crippen LogP contribution is 2.25. The van der Waals surface area contributed by atoms with Crippen molar-refractivity contribution in [1.29, 1.82) is 0 Å². The second-order valence-corrected chi connectivity index (χ2v) is 6.59. The van der Waals surface area contributed by atoms with E-state index in [2.05, 4.69) is 5.32 Å². The molecule has 0 aromatic rings. The van der Waals surface area contributed by atoms with E-state index in [9.17, 15) is 19.5 Å². The largest absolute Gasteiger partial charge is 0.481 e. The molecule has 0 bridgehead atoms. The fourth-order valence-corrected chi connectivity index (χ4v) is 2.51. The number of carbonyl (C=O) groups is 3. The molecule has 0 aromatic carbocycles. The summed E-state index contributed by atoms with van der Waals surface area (Å²) in [5.41, 5.74) is -0.364. The molecule has 0 aliphatic carbocycles. The van der Waals surface area contributed by atoms with E-state index in [1.54, 1.807) is 11.8 Å². The molecule has 1 rings (SSSR count). The molecule has 1 aliphatic heterocycles. The number of nitrogens with zero attached hydrogens (tertiary/aromatic N) is 1. The van der Waals surface area contributed by atoms with E-state index in [1.165, 1.54) is 0 Å². The van der Waals surface area contributed by atoms with Crippen LogP contribution in [0.2, 0.25) is 0 Å². The van der Waals surface area contributed by atoms with Crippen LogP contribution in [0.4, 0.5) is 0 Å². The lowest BCUT2D eigenvalue weighted by atomic mass is 9.85. The highest BCUT2D eigenvalue weighted by atomic mass is 16.4. The lowest BCUT2D eigenvalue weighted by Gasteiger charge is -2.38. The zero-order valence-corrected chi connectivity index (χ0v) is 12.9. The molecule has 3 atom stereocenters. The first-order chi connectivity index (χ1) is 9.53. The molecule has 1 fully saturated rings. The Bertz CT molecular complexity index is 430. The number of hydrogen-bond acceptors (Lipinski definition) is 4. The van der Waals surface area contributed by atoms with Crippen LogP contribution in [0.1, 0.15) is 34.1 Å². The van der Waals surface area contributed by atoms with Crippen LogP contribution in [0.5, 0.6) is 0 Å². The van der Waals surface area contributed by atoms with Crippen molar-refractivity contribution >= 4 is 17.8 Å². The van der Waals surface area contributed by atoms with Gasteiger partial charge in [0.25, 0.3) is 0 Å². The van der Waals surface area contributed by atoms with Gasteiger partial charge >= 0.3 is 11.9 Å². The van der Waals surface area contributed by atoms with Crippen molar-refractivity contribution in [1.82, 2.24) is 10.2 Å². The summed E-state index contributed by atoms with van der Waals surface area (Å²) in [6.45, 7) is 7.79. The number of likely N-dealkylation sites (tertiary alicyclic amines) is 1. The van der Waals surface area contributed by atoms with Crippen LogP contribution in [0.3, 0.4) is 0 Å². The zero-order chi connectivity index (χ0) is 16.4. The van der Waals surface area contributed by atoms with Gasteiger partial charge in [0, 0.05) is 12.1 Å². The van der Waals surface area contributed by atoms with Gasteiger partial charge in [-0.1, -0.05) is 0 Å². The Morgan fingerprint density at radius 2 is 1.67 bits per heavy atom. The van der Waals surface area contributed by atoms with Crippen LogP contribution in [0.15, 0.2) is 0 Å². The predicted octanol–water partition coefficient (Wildman–Crippen LogP) is 0.397. The normalized spacial score (nSPS) is 25.1. The second-order valence-electron chi connectivity index (χ2n) is 6.59. The molecule has 0 radical (unpaired) electrons. The first-order valence-electron chi connectivity index (χ1n) is 7.04. The Morgan fingerprint density at radius 3 is 2.10 bits per heavy atom. The summed E-state index contributed by atoms with van der Waals surface area (Å²) in [5.74, 6) is -4.28. The average Bonchev–Trinajstić information content (AvgIpc) is 2.34. The van der Waals surface area contributed by atoms with Crippen LogP contribution >= 0.6 is 0 Å². The molecule has 7 nitrogen and oxygen atoms in total. The monoisotopic (exact) mass is 300 g/mol. The average molecular weight is 300 g/mol. The first kappa shape index (κ1) is 17.4. The summed E-state index contributed by atoms with van der Waals surface area (Å²) in [6, 6.07) is -0.485. The van der Waals surface area contributed by atoms with Crippen LogP contribution in [0, 0.1) is 11.8 Å². The van der Waals surface area contributed by atoms with Gasteiger partial charge in [-0.3, -0.25) is 19.3 Å². The molecule has 3 N–H and O–H groups in total. The van der Waals surface area contributed by atoms with Crippen molar-refractivity contribution < 1.29 is 24.6 Å². The number of nitrogens with one attached hydrogen (secondary N) is 1. The maximum absolute atomic E-state index is 12.1. The van der Waals surface area contributed by atoms with Crippen LogP contribution in [-0.4, -0.2) is 57.6 Å². The standard InChI is InChI=1S/C14H24N2O5/c1-8(11(17)15-14(2,3)4)16-6-5-9(12(18)19)10(7-16)13(20)21/h8-10H,5-7H2,1-4H3,(H,15,17)(H,18,19)(H,20,21). The van der Waals surface area contributed by atoms with Gasteiger partial charge in [0.2, 0.25) is 5.91 Å². The number of rotatable bonds is 4. The smallest absolute Gasteiger partial charge is 0.308 e. The molecule has 1 amide bonds. The molecule has 3 unspecified atom stereocenters. The zero-order valence-electron chi connectivity index (χ0n) is 12.9. The number of carboxylic acids is 2. The molecule has 0 saturated carbocycles. The van der Waals surface area contributed by atoms with Gasteiger partial charge in [-0.15, -0.1) is 0 Å². The summed E-state index contributed by atoms with van der Waals surface area (Å²) >= 11 is 0. The topological polar surface area (TPSA) is 107 Å². The van der Waals surface area contributed by atoms with E-state index in [0.29, 0.717) is 6.54 Å². The molecule has 1 aliphatic rings. The maximum Gasteiger partial charge on any atom is 0.308 e. The molecule has 120 valence electrons. The molecule has 0 aromatic heterocycles. The highest BCUT2D eigenvalue weighted by molar-refractivity contribution is 5.83. The summed E-state index contributed by atoms with van der Waals surface area (Å²) in [7, 11) is 0. The molecule has 21 heavy (non-hydrogen) atoms. The van der Waals surface area contributed by atoms with Gasteiger partial charge in [-0.05, 0) is 40.7 Å². The Morgan fingerprint density at radius 1 is 1.14 bits per heavy atom. The van der Waals surface area contributed by atoms with Gasteiger partial charge in [0.05, 0.1) is 17.9 Å². The summed E-state index contributed by atoms with van der Waals surface area (Å²) in [4.78, 5) is 36.2. The third kappa shape index (κ3) is 4.70. The second kappa shape index (κ2) is 6.43. The van der Waals surface area contributed by atoms with Crippen LogP contribution in [0.25, 0.3) is 0 Å². The number of carboxylic acid groups (broad SMARTS) is 2. The summed E-state index contributed by atoms with van der Waals surface area (Å²) in [5, 5.41) is 21.1. The third-order valence-electron chi connectivity index (χ3n) is 3.70. The molecule has 0 spiro atoms. The van der Waals surface area contributed by atoms with Crippen molar-refractivity contribution in [2.75, 3.05) is 13.1 Å². The quantitative estimate of drug-likeness (QED) is 0.693. The first-order valence-corrected chi connectivity index (χ1v) is 7.04. The van der Waals surface area contributed by atoms with E-state index >= 15 is 0 Å². The Hall–Kier alpha value is -1.63. The van der Waals surface area contributed by atoms with Crippen LogP contribution < -0.4 is 5.32 Å². The lowest BCUT2D eigenvalue weighted by Crippen LogP contribution is -2.55. The lowest BCUT2D eigenvalue weighted by molar-refractivity contribution is -0.158. The van der Waals surface area contributed by atoms with Crippen molar-refractivity contribution in [2.45, 2.75) is 45.7 Å². The summed E-state index contributed by atoms with van der Waals surface area (Å²) < 4.78 is 0. The van der Waals surface area contributed by atoms with Crippen LogP contribution in [-0.2, 0) is 14.4 Å². The Balaban J connectivity index is 2.76. The minimum Gasteiger partial charge on any atom is -0.481 e. The van der Waals surface area contributed by atoms with E-state index in [0.717, 1.165) is 0 Å². The molecular weight excluding hydrogens is 276 g/mol. The minimum absolute atomic E-state index is 0.0744. The van der Waals surface area contributed by atoms with Gasteiger partial charge in [0.15, 0.2) is 0 Å².